The Morgan fingerprint density at radius 2 is 1.86 bits per heavy atom. The molecule has 2 heterocycles. The van der Waals surface area contributed by atoms with Gasteiger partial charge in [-0.1, -0.05) is 12.1 Å². The molecule has 22 heavy (non-hydrogen) atoms. The Morgan fingerprint density at radius 3 is 2.59 bits per heavy atom. The van der Waals surface area contributed by atoms with Crippen molar-refractivity contribution in [3.63, 3.8) is 0 Å². The van der Waals surface area contributed by atoms with Crippen LogP contribution in [-0.2, 0) is 11.8 Å². The molecule has 1 aromatic heterocycles. The van der Waals surface area contributed by atoms with Gasteiger partial charge in [0.1, 0.15) is 30.2 Å². The van der Waals surface area contributed by atoms with Crippen LogP contribution in [-0.4, -0.2) is 62.3 Å². The first-order chi connectivity index (χ1) is 10.5. The Hall–Kier alpha value is -1.64. The molecule has 3 rings (SSSR count). The molecule has 0 spiro atoms. The molecule has 7 nitrogen and oxygen atoms in total. The SMILES string of the molecule is Cn1cc(OC2OC(CO)C(O)C(O)C2O)c2ccccc21. The number of aryl methyl sites for hydroxylation is 1. The van der Waals surface area contributed by atoms with E-state index in [1.807, 2.05) is 35.9 Å². The second-order valence-corrected chi connectivity index (χ2v) is 5.44. The van der Waals surface area contributed by atoms with Crippen molar-refractivity contribution in [1.82, 2.24) is 4.57 Å². The molecular weight excluding hydrogens is 290 g/mol. The molecule has 0 bridgehead atoms. The Kier molecular flexibility index (Phi) is 4.07. The molecule has 0 amide bonds. The second kappa shape index (κ2) is 5.86. The molecule has 1 aliphatic rings. The van der Waals surface area contributed by atoms with Crippen LogP contribution in [0.2, 0.25) is 0 Å². The summed E-state index contributed by atoms with van der Waals surface area (Å²) in [7, 11) is 1.86. The monoisotopic (exact) mass is 309 g/mol. The van der Waals surface area contributed by atoms with Crippen LogP contribution in [0.15, 0.2) is 30.5 Å². The number of fused-ring (bicyclic) bond motifs is 1. The minimum absolute atomic E-state index is 0.486. The van der Waals surface area contributed by atoms with Gasteiger partial charge in [0.2, 0.25) is 6.29 Å². The summed E-state index contributed by atoms with van der Waals surface area (Å²) in [4.78, 5) is 0. The highest BCUT2D eigenvalue weighted by Gasteiger charge is 2.44. The minimum Gasteiger partial charge on any atom is -0.460 e. The summed E-state index contributed by atoms with van der Waals surface area (Å²) in [5.41, 5.74) is 0.946. The van der Waals surface area contributed by atoms with E-state index in [9.17, 15) is 20.4 Å². The van der Waals surface area contributed by atoms with Crippen LogP contribution in [0.1, 0.15) is 0 Å². The molecular formula is C15H19NO6. The zero-order valence-electron chi connectivity index (χ0n) is 12.0. The number of hydrogen-bond donors (Lipinski definition) is 4. The lowest BCUT2D eigenvalue weighted by atomic mass is 9.99. The number of para-hydroxylation sites is 1. The Bertz CT molecular complexity index is 655. The fourth-order valence-corrected chi connectivity index (χ4v) is 2.69. The number of hydrogen-bond acceptors (Lipinski definition) is 6. The Balaban J connectivity index is 1.87. The first-order valence-corrected chi connectivity index (χ1v) is 7.04. The number of aliphatic hydroxyl groups is 4. The quantitative estimate of drug-likeness (QED) is 0.601. The topological polar surface area (TPSA) is 104 Å². The maximum Gasteiger partial charge on any atom is 0.229 e. The second-order valence-electron chi connectivity index (χ2n) is 5.44. The summed E-state index contributed by atoms with van der Waals surface area (Å²) < 4.78 is 12.9. The third-order valence-electron chi connectivity index (χ3n) is 3.95. The van der Waals surface area contributed by atoms with Crippen LogP contribution in [0.4, 0.5) is 0 Å². The number of ether oxygens (including phenoxy) is 2. The molecule has 120 valence electrons. The van der Waals surface area contributed by atoms with Crippen LogP contribution < -0.4 is 4.74 Å². The van der Waals surface area contributed by atoms with E-state index in [0.717, 1.165) is 10.9 Å². The molecule has 7 heteroatoms. The van der Waals surface area contributed by atoms with Gasteiger partial charge >= 0.3 is 0 Å². The van der Waals surface area contributed by atoms with Gasteiger partial charge in [0.05, 0.1) is 12.1 Å². The van der Waals surface area contributed by atoms with E-state index in [1.54, 1.807) is 6.20 Å². The molecule has 1 aliphatic heterocycles. The summed E-state index contributed by atoms with van der Waals surface area (Å²) in [5.74, 6) is 0.488. The predicted molar refractivity (Wildman–Crippen MR) is 77.3 cm³/mol. The third-order valence-corrected chi connectivity index (χ3v) is 3.95. The molecule has 0 saturated carbocycles. The average Bonchev–Trinajstić information content (AvgIpc) is 2.84. The molecule has 5 atom stereocenters. The van der Waals surface area contributed by atoms with E-state index in [-0.39, 0.29) is 0 Å². The summed E-state index contributed by atoms with van der Waals surface area (Å²) in [6, 6.07) is 7.56. The van der Waals surface area contributed by atoms with Gasteiger partial charge in [-0.15, -0.1) is 0 Å². The van der Waals surface area contributed by atoms with Gasteiger partial charge in [0.15, 0.2) is 0 Å². The smallest absolute Gasteiger partial charge is 0.229 e. The van der Waals surface area contributed by atoms with Crippen molar-refractivity contribution in [2.45, 2.75) is 30.7 Å². The Labute approximate surface area is 126 Å². The molecule has 4 N–H and O–H groups in total. The predicted octanol–water partition coefficient (Wildman–Crippen LogP) is -0.643. The average molecular weight is 309 g/mol. The van der Waals surface area contributed by atoms with Crippen LogP contribution in [0.5, 0.6) is 5.75 Å². The normalized spacial score (nSPS) is 32.3. The van der Waals surface area contributed by atoms with Crippen molar-refractivity contribution < 1.29 is 29.9 Å². The molecule has 5 unspecified atom stereocenters. The van der Waals surface area contributed by atoms with Crippen molar-refractivity contribution in [2.75, 3.05) is 6.61 Å². The van der Waals surface area contributed by atoms with E-state index >= 15 is 0 Å². The van der Waals surface area contributed by atoms with Crippen molar-refractivity contribution in [1.29, 1.82) is 0 Å². The van der Waals surface area contributed by atoms with E-state index in [2.05, 4.69) is 0 Å². The maximum absolute atomic E-state index is 10.0. The van der Waals surface area contributed by atoms with E-state index in [1.165, 1.54) is 0 Å². The van der Waals surface area contributed by atoms with Gasteiger partial charge in [-0.05, 0) is 12.1 Å². The van der Waals surface area contributed by atoms with Gasteiger partial charge in [-0.2, -0.15) is 0 Å². The van der Waals surface area contributed by atoms with Crippen molar-refractivity contribution in [2.24, 2.45) is 7.05 Å². The largest absolute Gasteiger partial charge is 0.460 e. The molecule has 0 radical (unpaired) electrons. The van der Waals surface area contributed by atoms with Crippen molar-refractivity contribution in [3.05, 3.63) is 30.5 Å². The van der Waals surface area contributed by atoms with E-state index < -0.39 is 37.3 Å². The third kappa shape index (κ3) is 2.47. The van der Waals surface area contributed by atoms with Gasteiger partial charge in [0.25, 0.3) is 0 Å². The van der Waals surface area contributed by atoms with E-state index in [4.69, 9.17) is 9.47 Å². The summed E-state index contributed by atoms with van der Waals surface area (Å²) in [6.45, 7) is -0.486. The van der Waals surface area contributed by atoms with E-state index in [0.29, 0.717) is 5.75 Å². The lowest BCUT2D eigenvalue weighted by molar-refractivity contribution is -0.277. The van der Waals surface area contributed by atoms with Gasteiger partial charge < -0.3 is 34.5 Å². The number of aliphatic hydroxyl groups excluding tert-OH is 4. The molecule has 0 aliphatic carbocycles. The first-order valence-electron chi connectivity index (χ1n) is 7.04. The van der Waals surface area contributed by atoms with Crippen LogP contribution >= 0.6 is 0 Å². The zero-order valence-corrected chi connectivity index (χ0v) is 12.0. The van der Waals surface area contributed by atoms with Crippen molar-refractivity contribution >= 4 is 10.9 Å². The lowest BCUT2D eigenvalue weighted by Crippen LogP contribution is -2.60. The molecule has 1 aromatic carbocycles. The molecule has 2 aromatic rings. The Morgan fingerprint density at radius 1 is 1.14 bits per heavy atom. The number of nitrogens with zero attached hydrogens (tertiary/aromatic N) is 1. The maximum atomic E-state index is 10.0. The molecule has 1 fully saturated rings. The fourth-order valence-electron chi connectivity index (χ4n) is 2.69. The lowest BCUT2D eigenvalue weighted by Gasteiger charge is -2.39. The zero-order chi connectivity index (χ0) is 15.9. The minimum atomic E-state index is -1.45. The van der Waals surface area contributed by atoms with Gasteiger partial charge in [-0.25, -0.2) is 0 Å². The summed E-state index contributed by atoms with van der Waals surface area (Å²) >= 11 is 0. The highest BCUT2D eigenvalue weighted by Crippen LogP contribution is 2.30. The summed E-state index contributed by atoms with van der Waals surface area (Å²) in [5, 5.41) is 39.6. The number of aromatic nitrogens is 1. The van der Waals surface area contributed by atoms with Crippen molar-refractivity contribution in [3.8, 4) is 5.75 Å². The highest BCUT2D eigenvalue weighted by molar-refractivity contribution is 5.86. The first kappa shape index (κ1) is 15.3. The van der Waals surface area contributed by atoms with Crippen LogP contribution in [0.25, 0.3) is 10.9 Å². The summed E-state index contributed by atoms with van der Waals surface area (Å²) in [6.07, 6.45) is -4.69. The van der Waals surface area contributed by atoms with Gasteiger partial charge in [0, 0.05) is 18.6 Å². The van der Waals surface area contributed by atoms with Crippen LogP contribution in [0.3, 0.4) is 0 Å². The number of rotatable bonds is 3. The number of benzene rings is 1. The standard InChI is InChI=1S/C15H19NO6/c1-16-6-10(8-4-2-3-5-9(8)16)21-15-14(20)13(19)12(18)11(7-17)22-15/h2-6,11-15,17-20H,7H2,1H3. The fraction of sp³-hybridized carbons (Fsp3) is 0.467. The van der Waals surface area contributed by atoms with Crippen LogP contribution in [0, 0.1) is 0 Å². The molecule has 1 saturated heterocycles. The highest BCUT2D eigenvalue weighted by atomic mass is 16.7. The van der Waals surface area contributed by atoms with Gasteiger partial charge in [-0.3, -0.25) is 0 Å².